The number of nitrogens with zero attached hydrogens (tertiary/aromatic N) is 4. The van der Waals surface area contributed by atoms with Gasteiger partial charge in [0.2, 0.25) is 5.91 Å². The summed E-state index contributed by atoms with van der Waals surface area (Å²) in [6.07, 6.45) is 5.79. The summed E-state index contributed by atoms with van der Waals surface area (Å²) in [4.78, 5) is 25.7. The molecule has 3 heterocycles. The van der Waals surface area contributed by atoms with Crippen molar-refractivity contribution in [3.8, 4) is 0 Å². The molecule has 0 aliphatic heterocycles. The number of hydrogen-bond acceptors (Lipinski definition) is 5. The standard InChI is InChI=1S/C24H28N6O/c1-2-3-11-20-29-22-23(21-18(28-24(22)26)10-7-13-27-21)30(20)14-12-17(15-19(25)31)16-8-5-4-6-9-16/h4-10,13,17H,2-3,11-12,14-15H2,1H3,(H2,25,31)(H2,26,28). The van der Waals surface area contributed by atoms with Gasteiger partial charge in [-0.05, 0) is 36.5 Å². The molecule has 31 heavy (non-hydrogen) atoms. The number of pyridine rings is 2. The number of carbonyl (C=O) groups excluding carboxylic acids is 1. The van der Waals surface area contributed by atoms with E-state index >= 15 is 0 Å². The summed E-state index contributed by atoms with van der Waals surface area (Å²) in [5.74, 6) is 1.14. The molecule has 0 radical (unpaired) electrons. The van der Waals surface area contributed by atoms with Crippen molar-refractivity contribution in [3.63, 3.8) is 0 Å². The van der Waals surface area contributed by atoms with Crippen LogP contribution in [-0.4, -0.2) is 25.4 Å². The predicted molar refractivity (Wildman–Crippen MR) is 123 cm³/mol. The third-order valence-corrected chi connectivity index (χ3v) is 5.71. The van der Waals surface area contributed by atoms with E-state index in [1.807, 2.05) is 30.3 Å². The minimum absolute atomic E-state index is 0.0357. The van der Waals surface area contributed by atoms with E-state index in [0.717, 1.165) is 53.6 Å². The van der Waals surface area contributed by atoms with Gasteiger partial charge in [-0.15, -0.1) is 0 Å². The number of carbonyl (C=O) groups is 1. The van der Waals surface area contributed by atoms with Gasteiger partial charge in [0.05, 0.1) is 5.52 Å². The maximum Gasteiger partial charge on any atom is 0.218 e. The van der Waals surface area contributed by atoms with E-state index < -0.39 is 0 Å². The highest BCUT2D eigenvalue weighted by Crippen LogP contribution is 2.30. The van der Waals surface area contributed by atoms with Crippen LogP contribution in [-0.2, 0) is 17.8 Å². The van der Waals surface area contributed by atoms with Crippen molar-refractivity contribution in [2.45, 2.75) is 51.5 Å². The molecule has 4 rings (SSSR count). The molecule has 1 atom stereocenters. The van der Waals surface area contributed by atoms with Crippen LogP contribution in [0.15, 0.2) is 48.7 Å². The fraction of sp³-hybridized carbons (Fsp3) is 0.333. The summed E-state index contributed by atoms with van der Waals surface area (Å²) >= 11 is 0. The second-order valence-corrected chi connectivity index (χ2v) is 7.92. The Labute approximate surface area is 181 Å². The van der Waals surface area contributed by atoms with Crippen molar-refractivity contribution < 1.29 is 4.79 Å². The molecule has 7 nitrogen and oxygen atoms in total. The van der Waals surface area contributed by atoms with Gasteiger partial charge in [0.25, 0.3) is 0 Å². The normalized spacial score (nSPS) is 12.4. The van der Waals surface area contributed by atoms with Gasteiger partial charge in [-0.1, -0.05) is 43.7 Å². The van der Waals surface area contributed by atoms with Crippen molar-refractivity contribution in [2.24, 2.45) is 5.73 Å². The van der Waals surface area contributed by atoms with Crippen molar-refractivity contribution in [2.75, 3.05) is 5.73 Å². The average Bonchev–Trinajstić information content (AvgIpc) is 3.15. The molecule has 0 saturated carbocycles. The van der Waals surface area contributed by atoms with Crippen LogP contribution >= 0.6 is 0 Å². The number of fused-ring (bicyclic) bond motifs is 3. The maximum atomic E-state index is 11.8. The molecule has 0 aliphatic rings. The number of amides is 1. The zero-order valence-electron chi connectivity index (χ0n) is 17.8. The van der Waals surface area contributed by atoms with Crippen LogP contribution in [0.25, 0.3) is 22.1 Å². The van der Waals surface area contributed by atoms with Crippen LogP contribution in [0.3, 0.4) is 0 Å². The molecule has 0 saturated heterocycles. The number of nitrogens with two attached hydrogens (primary N) is 2. The number of primary amides is 1. The lowest BCUT2D eigenvalue weighted by Gasteiger charge is -2.18. The smallest absolute Gasteiger partial charge is 0.218 e. The number of imidazole rings is 1. The molecule has 0 fully saturated rings. The Morgan fingerprint density at radius 2 is 1.90 bits per heavy atom. The first-order chi connectivity index (χ1) is 15.1. The lowest BCUT2D eigenvalue weighted by molar-refractivity contribution is -0.118. The van der Waals surface area contributed by atoms with Crippen molar-refractivity contribution >= 4 is 33.8 Å². The zero-order chi connectivity index (χ0) is 21.8. The SMILES string of the molecule is CCCCc1nc2c(N)nc3cccnc3c2n1CCC(CC(N)=O)c1ccccc1. The summed E-state index contributed by atoms with van der Waals surface area (Å²) in [7, 11) is 0. The minimum atomic E-state index is -0.295. The summed E-state index contributed by atoms with van der Waals surface area (Å²) in [6.45, 7) is 2.86. The number of anilines is 1. The molecule has 0 aliphatic carbocycles. The Balaban J connectivity index is 1.78. The molecule has 0 spiro atoms. The lowest BCUT2D eigenvalue weighted by Crippen LogP contribution is -2.17. The highest BCUT2D eigenvalue weighted by molar-refractivity contribution is 6.04. The van der Waals surface area contributed by atoms with Crippen LogP contribution in [0.2, 0.25) is 0 Å². The molecule has 160 valence electrons. The van der Waals surface area contributed by atoms with Gasteiger partial charge < -0.3 is 16.0 Å². The molecular formula is C24H28N6O. The Hall–Kier alpha value is -3.48. The number of aryl methyl sites for hydroxylation is 2. The van der Waals surface area contributed by atoms with Crippen LogP contribution in [0, 0.1) is 0 Å². The van der Waals surface area contributed by atoms with Crippen LogP contribution in [0.5, 0.6) is 0 Å². The molecule has 1 aromatic carbocycles. The first-order valence-electron chi connectivity index (χ1n) is 10.8. The third-order valence-electron chi connectivity index (χ3n) is 5.71. The topological polar surface area (TPSA) is 113 Å². The zero-order valence-corrected chi connectivity index (χ0v) is 17.8. The van der Waals surface area contributed by atoms with Gasteiger partial charge in [0.15, 0.2) is 5.82 Å². The maximum absolute atomic E-state index is 11.8. The number of nitrogen functional groups attached to an aromatic ring is 1. The largest absolute Gasteiger partial charge is 0.382 e. The van der Waals surface area contributed by atoms with Crippen LogP contribution in [0.4, 0.5) is 5.82 Å². The summed E-state index contributed by atoms with van der Waals surface area (Å²) < 4.78 is 2.22. The highest BCUT2D eigenvalue weighted by Gasteiger charge is 2.20. The van der Waals surface area contributed by atoms with E-state index in [1.165, 1.54) is 0 Å². The number of rotatable bonds is 9. The lowest BCUT2D eigenvalue weighted by atomic mass is 9.92. The first-order valence-corrected chi connectivity index (χ1v) is 10.8. The minimum Gasteiger partial charge on any atom is -0.382 e. The number of hydrogen-bond donors (Lipinski definition) is 2. The van der Waals surface area contributed by atoms with E-state index in [0.29, 0.717) is 24.3 Å². The second kappa shape index (κ2) is 9.12. The van der Waals surface area contributed by atoms with Gasteiger partial charge >= 0.3 is 0 Å². The summed E-state index contributed by atoms with van der Waals surface area (Å²) in [5.41, 5.74) is 16.1. The number of benzene rings is 1. The van der Waals surface area contributed by atoms with Crippen LogP contribution < -0.4 is 11.5 Å². The van der Waals surface area contributed by atoms with E-state index in [4.69, 9.17) is 16.5 Å². The van der Waals surface area contributed by atoms with Crippen molar-refractivity contribution in [1.82, 2.24) is 19.5 Å². The Kier molecular flexibility index (Phi) is 6.11. The molecule has 7 heteroatoms. The number of unbranched alkanes of at least 4 members (excludes halogenated alkanes) is 1. The fourth-order valence-corrected chi connectivity index (χ4v) is 4.18. The third kappa shape index (κ3) is 4.35. The van der Waals surface area contributed by atoms with Gasteiger partial charge in [0, 0.05) is 25.6 Å². The predicted octanol–water partition coefficient (Wildman–Crippen LogP) is 3.95. The molecule has 3 aromatic heterocycles. The van der Waals surface area contributed by atoms with E-state index in [1.54, 1.807) is 6.20 Å². The van der Waals surface area contributed by atoms with Crippen molar-refractivity contribution in [1.29, 1.82) is 0 Å². The molecular weight excluding hydrogens is 388 g/mol. The van der Waals surface area contributed by atoms with Gasteiger partial charge in [-0.2, -0.15) is 0 Å². The van der Waals surface area contributed by atoms with Gasteiger partial charge in [-0.3, -0.25) is 9.78 Å². The highest BCUT2D eigenvalue weighted by atomic mass is 16.1. The van der Waals surface area contributed by atoms with E-state index in [2.05, 4.69) is 33.6 Å². The average molecular weight is 417 g/mol. The molecule has 4 N–H and O–H groups in total. The van der Waals surface area contributed by atoms with Crippen molar-refractivity contribution in [3.05, 3.63) is 60.0 Å². The van der Waals surface area contributed by atoms with E-state index in [9.17, 15) is 4.79 Å². The quantitative estimate of drug-likeness (QED) is 0.429. The van der Waals surface area contributed by atoms with E-state index in [-0.39, 0.29) is 11.8 Å². The Morgan fingerprint density at radius 1 is 1.10 bits per heavy atom. The van der Waals surface area contributed by atoms with Gasteiger partial charge in [0.1, 0.15) is 22.4 Å². The summed E-state index contributed by atoms with van der Waals surface area (Å²) in [5, 5.41) is 0. The summed E-state index contributed by atoms with van der Waals surface area (Å²) in [6, 6.07) is 13.8. The first kappa shape index (κ1) is 20.8. The second-order valence-electron chi connectivity index (χ2n) is 7.92. The number of aromatic nitrogens is 4. The molecule has 0 bridgehead atoms. The molecule has 1 amide bonds. The Morgan fingerprint density at radius 3 is 2.65 bits per heavy atom. The van der Waals surface area contributed by atoms with Crippen LogP contribution in [0.1, 0.15) is 49.9 Å². The monoisotopic (exact) mass is 416 g/mol. The molecule has 4 aromatic rings. The molecule has 1 unspecified atom stereocenters. The van der Waals surface area contributed by atoms with Gasteiger partial charge in [-0.25, -0.2) is 9.97 Å². The fourth-order valence-electron chi connectivity index (χ4n) is 4.18. The Bertz CT molecular complexity index is 1200.